The number of rotatable bonds is 3. The molecule has 0 unspecified atom stereocenters. The topological polar surface area (TPSA) is 58.9 Å². The molecular weight excluding hydrogens is 264 g/mol. The van der Waals surface area contributed by atoms with Crippen LogP contribution in [0.25, 0.3) is 0 Å². The number of halogens is 1. The lowest BCUT2D eigenvalue weighted by molar-refractivity contribution is 0.555. The van der Waals surface area contributed by atoms with Crippen molar-refractivity contribution in [3.8, 4) is 0 Å². The standard InChI is InChI=1S/C12H15ClN6/c1-14-6-10-9(13)2-3-11(16-10)18-4-5-19-8-15-17-12(19)7-18/h2-3,8,14H,4-7H2,1H3. The molecule has 0 radical (unpaired) electrons. The quantitative estimate of drug-likeness (QED) is 0.910. The van der Waals surface area contributed by atoms with E-state index in [-0.39, 0.29) is 0 Å². The maximum Gasteiger partial charge on any atom is 0.152 e. The van der Waals surface area contributed by atoms with Crippen LogP contribution in [0, 0.1) is 0 Å². The van der Waals surface area contributed by atoms with E-state index in [4.69, 9.17) is 11.6 Å². The second kappa shape index (κ2) is 5.14. The van der Waals surface area contributed by atoms with Gasteiger partial charge in [0.2, 0.25) is 0 Å². The van der Waals surface area contributed by atoms with Gasteiger partial charge < -0.3 is 14.8 Å². The number of hydrogen-bond acceptors (Lipinski definition) is 5. The van der Waals surface area contributed by atoms with Crippen LogP contribution >= 0.6 is 11.6 Å². The number of nitrogens with one attached hydrogen (secondary N) is 1. The van der Waals surface area contributed by atoms with Gasteiger partial charge in [0.25, 0.3) is 0 Å². The van der Waals surface area contributed by atoms with Gasteiger partial charge in [0.1, 0.15) is 12.1 Å². The zero-order valence-electron chi connectivity index (χ0n) is 10.7. The molecule has 0 bridgehead atoms. The minimum absolute atomic E-state index is 0.663. The zero-order chi connectivity index (χ0) is 13.2. The summed E-state index contributed by atoms with van der Waals surface area (Å²) in [5, 5.41) is 11.8. The van der Waals surface area contributed by atoms with Gasteiger partial charge in [-0.15, -0.1) is 10.2 Å². The summed E-state index contributed by atoms with van der Waals surface area (Å²) < 4.78 is 2.07. The molecule has 2 aromatic heterocycles. The van der Waals surface area contributed by atoms with Crippen molar-refractivity contribution in [3.05, 3.63) is 35.0 Å². The first-order chi connectivity index (χ1) is 9.28. The lowest BCUT2D eigenvalue weighted by Gasteiger charge is -2.28. The van der Waals surface area contributed by atoms with Crippen LogP contribution in [0.2, 0.25) is 5.02 Å². The number of hydrogen-bond donors (Lipinski definition) is 1. The molecule has 3 heterocycles. The van der Waals surface area contributed by atoms with Crippen LogP contribution in [0.4, 0.5) is 5.82 Å². The van der Waals surface area contributed by atoms with Crippen LogP contribution in [-0.2, 0) is 19.6 Å². The Morgan fingerprint density at radius 3 is 3.11 bits per heavy atom. The van der Waals surface area contributed by atoms with Crippen molar-refractivity contribution in [2.24, 2.45) is 0 Å². The summed E-state index contributed by atoms with van der Waals surface area (Å²) in [6, 6.07) is 3.85. The summed E-state index contributed by atoms with van der Waals surface area (Å²) >= 11 is 6.13. The largest absolute Gasteiger partial charge is 0.347 e. The SMILES string of the molecule is CNCc1nc(N2CCn3cnnc3C2)ccc1Cl. The summed E-state index contributed by atoms with van der Waals surface area (Å²) in [4.78, 5) is 6.81. The maximum absolute atomic E-state index is 6.13. The van der Waals surface area contributed by atoms with E-state index >= 15 is 0 Å². The van der Waals surface area contributed by atoms with Gasteiger partial charge in [-0.3, -0.25) is 0 Å². The molecule has 1 aliphatic heterocycles. The van der Waals surface area contributed by atoms with Gasteiger partial charge in [0, 0.05) is 19.6 Å². The number of aromatic nitrogens is 4. The fourth-order valence-corrected chi connectivity index (χ4v) is 2.37. The van der Waals surface area contributed by atoms with Crippen molar-refractivity contribution >= 4 is 17.4 Å². The first-order valence-electron chi connectivity index (χ1n) is 6.19. The molecule has 0 amide bonds. The molecule has 6 nitrogen and oxygen atoms in total. The molecule has 0 spiro atoms. The Hall–Kier alpha value is -1.66. The van der Waals surface area contributed by atoms with E-state index < -0.39 is 0 Å². The fourth-order valence-electron chi connectivity index (χ4n) is 2.20. The van der Waals surface area contributed by atoms with Crippen LogP contribution in [0.3, 0.4) is 0 Å². The molecule has 100 valence electrons. The molecule has 3 rings (SSSR count). The third kappa shape index (κ3) is 2.41. The molecule has 7 heteroatoms. The molecule has 0 saturated carbocycles. The Morgan fingerprint density at radius 2 is 2.26 bits per heavy atom. The summed E-state index contributed by atoms with van der Waals surface area (Å²) in [7, 11) is 1.88. The van der Waals surface area contributed by atoms with Crippen LogP contribution in [0.1, 0.15) is 11.5 Å². The average molecular weight is 279 g/mol. The number of fused-ring (bicyclic) bond motifs is 1. The van der Waals surface area contributed by atoms with Crippen molar-refractivity contribution < 1.29 is 0 Å². The molecule has 0 fully saturated rings. The highest BCUT2D eigenvalue weighted by atomic mass is 35.5. The monoisotopic (exact) mass is 278 g/mol. The first kappa shape index (κ1) is 12.4. The summed E-state index contributed by atoms with van der Waals surface area (Å²) in [6.07, 6.45) is 1.77. The predicted molar refractivity (Wildman–Crippen MR) is 73.1 cm³/mol. The fraction of sp³-hybridized carbons (Fsp3) is 0.417. The number of pyridine rings is 1. The van der Waals surface area contributed by atoms with E-state index in [9.17, 15) is 0 Å². The van der Waals surface area contributed by atoms with Crippen molar-refractivity contribution in [1.29, 1.82) is 0 Å². The molecular formula is C12H15ClN6. The number of anilines is 1. The van der Waals surface area contributed by atoms with Gasteiger partial charge in [-0.2, -0.15) is 0 Å². The van der Waals surface area contributed by atoms with Crippen LogP contribution in [-0.4, -0.2) is 33.3 Å². The van der Waals surface area contributed by atoms with Gasteiger partial charge in [-0.25, -0.2) is 4.98 Å². The lowest BCUT2D eigenvalue weighted by atomic mass is 10.3. The van der Waals surface area contributed by atoms with E-state index in [0.29, 0.717) is 11.6 Å². The van der Waals surface area contributed by atoms with E-state index in [0.717, 1.165) is 37.0 Å². The first-order valence-corrected chi connectivity index (χ1v) is 6.57. The molecule has 2 aromatic rings. The van der Waals surface area contributed by atoms with E-state index in [1.54, 1.807) is 6.33 Å². The molecule has 1 aliphatic rings. The highest BCUT2D eigenvalue weighted by Gasteiger charge is 2.19. The third-order valence-electron chi connectivity index (χ3n) is 3.21. The van der Waals surface area contributed by atoms with E-state index in [1.165, 1.54) is 0 Å². The molecule has 0 aromatic carbocycles. The molecule has 0 aliphatic carbocycles. The van der Waals surface area contributed by atoms with Gasteiger partial charge in [0.15, 0.2) is 5.82 Å². The van der Waals surface area contributed by atoms with E-state index in [1.807, 2.05) is 19.2 Å². The van der Waals surface area contributed by atoms with Gasteiger partial charge in [-0.05, 0) is 19.2 Å². The minimum atomic E-state index is 0.663. The summed E-state index contributed by atoms with van der Waals surface area (Å²) in [6.45, 7) is 3.18. The molecule has 19 heavy (non-hydrogen) atoms. The Labute approximate surface area is 116 Å². The second-order valence-corrected chi connectivity index (χ2v) is 4.90. The Kier molecular flexibility index (Phi) is 3.35. The van der Waals surface area contributed by atoms with Crippen molar-refractivity contribution in [3.63, 3.8) is 0 Å². The normalized spacial score (nSPS) is 14.5. The molecule has 1 N–H and O–H groups in total. The van der Waals surface area contributed by atoms with Gasteiger partial charge in [0.05, 0.1) is 17.3 Å². The van der Waals surface area contributed by atoms with Crippen LogP contribution in [0.5, 0.6) is 0 Å². The van der Waals surface area contributed by atoms with Crippen molar-refractivity contribution in [2.75, 3.05) is 18.5 Å². The predicted octanol–water partition coefficient (Wildman–Crippen LogP) is 1.07. The van der Waals surface area contributed by atoms with E-state index in [2.05, 4.69) is 30.0 Å². The minimum Gasteiger partial charge on any atom is -0.347 e. The Bertz CT molecular complexity index is 581. The highest BCUT2D eigenvalue weighted by molar-refractivity contribution is 6.31. The van der Waals surface area contributed by atoms with Crippen LogP contribution in [0.15, 0.2) is 18.5 Å². The van der Waals surface area contributed by atoms with Crippen molar-refractivity contribution in [2.45, 2.75) is 19.6 Å². The lowest BCUT2D eigenvalue weighted by Crippen LogP contribution is -2.34. The Balaban J connectivity index is 1.85. The highest BCUT2D eigenvalue weighted by Crippen LogP contribution is 2.22. The third-order valence-corrected chi connectivity index (χ3v) is 3.56. The van der Waals surface area contributed by atoms with Crippen molar-refractivity contribution in [1.82, 2.24) is 25.1 Å². The number of nitrogens with zero attached hydrogens (tertiary/aromatic N) is 5. The van der Waals surface area contributed by atoms with Crippen LogP contribution < -0.4 is 10.2 Å². The average Bonchev–Trinajstić information content (AvgIpc) is 2.89. The zero-order valence-corrected chi connectivity index (χ0v) is 11.4. The molecule has 0 saturated heterocycles. The van der Waals surface area contributed by atoms with Gasteiger partial charge >= 0.3 is 0 Å². The smallest absolute Gasteiger partial charge is 0.152 e. The Morgan fingerprint density at radius 1 is 1.37 bits per heavy atom. The van der Waals surface area contributed by atoms with Gasteiger partial charge in [-0.1, -0.05) is 11.6 Å². The second-order valence-electron chi connectivity index (χ2n) is 4.49. The summed E-state index contributed by atoms with van der Waals surface area (Å²) in [5.41, 5.74) is 0.869. The maximum atomic E-state index is 6.13. The molecule has 0 atom stereocenters. The summed E-state index contributed by atoms with van der Waals surface area (Å²) in [5.74, 6) is 1.90.